The molecule has 0 unspecified atom stereocenters. The Balaban J connectivity index is 2.33. The van der Waals surface area contributed by atoms with E-state index in [0.717, 1.165) is 0 Å². The number of aromatic amines is 1. The molecule has 11 nitrogen and oxygen atoms in total. The van der Waals surface area contributed by atoms with E-state index in [2.05, 4.69) is 10.4 Å². The van der Waals surface area contributed by atoms with E-state index >= 15 is 0 Å². The number of nitrogens with zero attached hydrogens (tertiary/aromatic N) is 2. The molecule has 29 heavy (non-hydrogen) atoms. The van der Waals surface area contributed by atoms with Crippen LogP contribution in [0.5, 0.6) is 17.2 Å². The Hall–Kier alpha value is -3.50. The molecule has 1 aromatic carbocycles. The molecule has 1 aliphatic rings. The number of nitro groups is 1. The maximum atomic E-state index is 12.7. The van der Waals surface area contributed by atoms with Crippen LogP contribution in [-0.2, 0) is 4.79 Å². The zero-order chi connectivity index (χ0) is 21.5. The van der Waals surface area contributed by atoms with Gasteiger partial charge in [-0.1, -0.05) is 0 Å². The van der Waals surface area contributed by atoms with E-state index in [-0.39, 0.29) is 28.9 Å². The van der Waals surface area contributed by atoms with Gasteiger partial charge in [-0.15, -0.1) is 0 Å². The van der Waals surface area contributed by atoms with E-state index in [1.165, 1.54) is 38.1 Å². The number of fused-ring (bicyclic) bond motifs is 1. The van der Waals surface area contributed by atoms with Crippen molar-refractivity contribution >= 4 is 11.7 Å². The molecule has 1 aromatic heterocycles. The Labute approximate surface area is 165 Å². The first-order valence-corrected chi connectivity index (χ1v) is 8.83. The highest BCUT2D eigenvalue weighted by molar-refractivity contribution is 5.98. The second kappa shape index (κ2) is 7.49. The molecule has 11 heteroatoms. The minimum Gasteiger partial charge on any atom is -0.493 e. The SMILES string of the molecule is COc1cc([C@H]2c3c(n(C(C)C)[nH]c3=O)NC(=O)[C@@H]2[N+](=O)[O-])cc(OC)c1OC. The molecule has 0 saturated heterocycles. The van der Waals surface area contributed by atoms with E-state index in [4.69, 9.17) is 14.2 Å². The fraction of sp³-hybridized carbons (Fsp3) is 0.444. The van der Waals surface area contributed by atoms with E-state index in [9.17, 15) is 19.7 Å². The number of rotatable bonds is 6. The van der Waals surface area contributed by atoms with Crippen molar-refractivity contribution in [3.63, 3.8) is 0 Å². The highest BCUT2D eigenvalue weighted by atomic mass is 16.6. The number of hydrogen-bond donors (Lipinski definition) is 2. The monoisotopic (exact) mass is 406 g/mol. The zero-order valence-electron chi connectivity index (χ0n) is 16.6. The van der Waals surface area contributed by atoms with Gasteiger partial charge in [-0.3, -0.25) is 29.5 Å². The largest absolute Gasteiger partial charge is 0.493 e. The highest BCUT2D eigenvalue weighted by Crippen LogP contribution is 2.44. The van der Waals surface area contributed by atoms with Crippen molar-refractivity contribution in [3.05, 3.63) is 43.7 Å². The molecular weight excluding hydrogens is 384 g/mol. The van der Waals surface area contributed by atoms with Gasteiger partial charge in [-0.25, -0.2) is 0 Å². The molecule has 3 rings (SSSR count). The number of H-pyrrole nitrogens is 1. The minimum absolute atomic E-state index is 0.106. The Bertz CT molecular complexity index is 999. The minimum atomic E-state index is -1.70. The first-order chi connectivity index (χ1) is 13.7. The Morgan fingerprint density at radius 2 is 1.69 bits per heavy atom. The number of carbonyl (C=O) groups excluding carboxylic acids is 1. The van der Waals surface area contributed by atoms with Gasteiger partial charge in [0, 0.05) is 11.0 Å². The number of anilines is 1. The van der Waals surface area contributed by atoms with Gasteiger partial charge in [0.1, 0.15) is 5.82 Å². The molecule has 2 N–H and O–H groups in total. The number of methoxy groups -OCH3 is 3. The quantitative estimate of drug-likeness (QED) is 0.548. The molecule has 0 spiro atoms. The average Bonchev–Trinajstić information content (AvgIpc) is 3.01. The maximum Gasteiger partial charge on any atom is 0.301 e. The number of amides is 1. The summed E-state index contributed by atoms with van der Waals surface area (Å²) in [4.78, 5) is 36.5. The number of hydrogen-bond acceptors (Lipinski definition) is 7. The summed E-state index contributed by atoms with van der Waals surface area (Å²) in [5, 5.41) is 16.9. The molecular formula is C18H22N4O7. The van der Waals surface area contributed by atoms with Gasteiger partial charge >= 0.3 is 11.9 Å². The van der Waals surface area contributed by atoms with Gasteiger partial charge in [0.05, 0.1) is 32.8 Å². The van der Waals surface area contributed by atoms with Crippen LogP contribution in [0.4, 0.5) is 5.82 Å². The summed E-state index contributed by atoms with van der Waals surface area (Å²) in [5.41, 5.74) is -0.0853. The molecule has 2 atom stereocenters. The molecule has 0 fully saturated rings. The molecule has 1 aliphatic heterocycles. The first-order valence-electron chi connectivity index (χ1n) is 8.83. The summed E-state index contributed by atoms with van der Waals surface area (Å²) in [6.45, 7) is 3.63. The van der Waals surface area contributed by atoms with Gasteiger partial charge in [-0.2, -0.15) is 0 Å². The third kappa shape index (κ3) is 3.18. The topological polar surface area (TPSA) is 138 Å². The predicted molar refractivity (Wildman–Crippen MR) is 103 cm³/mol. The van der Waals surface area contributed by atoms with Gasteiger partial charge < -0.3 is 19.5 Å². The van der Waals surface area contributed by atoms with Crippen molar-refractivity contribution in [1.82, 2.24) is 9.78 Å². The van der Waals surface area contributed by atoms with Crippen LogP contribution < -0.4 is 25.1 Å². The van der Waals surface area contributed by atoms with E-state index in [1.807, 2.05) is 13.8 Å². The molecule has 0 saturated carbocycles. The van der Waals surface area contributed by atoms with Gasteiger partial charge in [0.15, 0.2) is 11.5 Å². The summed E-state index contributed by atoms with van der Waals surface area (Å²) in [7, 11) is 4.25. The second-order valence-electron chi connectivity index (χ2n) is 6.82. The van der Waals surface area contributed by atoms with Crippen LogP contribution >= 0.6 is 0 Å². The van der Waals surface area contributed by atoms with Crippen LogP contribution in [0.3, 0.4) is 0 Å². The lowest BCUT2D eigenvalue weighted by Crippen LogP contribution is -2.45. The number of ether oxygens (including phenoxy) is 3. The molecule has 2 heterocycles. The fourth-order valence-corrected chi connectivity index (χ4v) is 3.61. The molecule has 2 aromatic rings. The van der Waals surface area contributed by atoms with Crippen molar-refractivity contribution in [2.75, 3.05) is 26.6 Å². The lowest BCUT2D eigenvalue weighted by molar-refractivity contribution is -0.509. The van der Waals surface area contributed by atoms with Crippen LogP contribution in [0.2, 0.25) is 0 Å². The van der Waals surface area contributed by atoms with Crippen LogP contribution in [0, 0.1) is 10.1 Å². The van der Waals surface area contributed by atoms with Crippen LogP contribution in [0.15, 0.2) is 16.9 Å². The maximum absolute atomic E-state index is 12.7. The number of carbonyl (C=O) groups is 1. The molecule has 156 valence electrons. The summed E-state index contributed by atoms with van der Waals surface area (Å²) in [6, 6.07) is 1.14. The molecule has 1 amide bonds. The van der Waals surface area contributed by atoms with Crippen LogP contribution in [-0.4, -0.2) is 48.0 Å². The van der Waals surface area contributed by atoms with Crippen molar-refractivity contribution < 1.29 is 23.9 Å². The van der Waals surface area contributed by atoms with Gasteiger partial charge in [0.25, 0.3) is 5.56 Å². The Morgan fingerprint density at radius 3 is 2.14 bits per heavy atom. The third-order valence-electron chi connectivity index (χ3n) is 4.89. The van der Waals surface area contributed by atoms with Crippen molar-refractivity contribution in [2.45, 2.75) is 31.8 Å². The first kappa shape index (κ1) is 20.2. The van der Waals surface area contributed by atoms with Gasteiger partial charge in [0.2, 0.25) is 5.75 Å². The molecule has 0 radical (unpaired) electrons. The summed E-state index contributed by atoms with van der Waals surface area (Å²) in [5.74, 6) is -0.925. The van der Waals surface area contributed by atoms with E-state index in [1.54, 1.807) is 0 Å². The van der Waals surface area contributed by atoms with Gasteiger partial charge in [-0.05, 0) is 31.5 Å². The number of benzene rings is 1. The Kier molecular flexibility index (Phi) is 5.23. The van der Waals surface area contributed by atoms with Crippen molar-refractivity contribution in [3.8, 4) is 17.2 Å². The predicted octanol–water partition coefficient (Wildman–Crippen LogP) is 1.51. The highest BCUT2D eigenvalue weighted by Gasteiger charge is 2.49. The lowest BCUT2D eigenvalue weighted by Gasteiger charge is -2.27. The normalized spacial score (nSPS) is 18.2. The molecule has 0 aliphatic carbocycles. The standard InChI is InChI=1S/C18H22N4O7/c1-8(2)21-16-13(17(23)20-21)12(14(22(25)26)18(24)19-16)9-6-10(27-3)15(29-5)11(7-9)28-4/h6-8,12,14H,1-5H3,(H,19,24)(H,20,23)/t12-,14+/m0/s1. The smallest absolute Gasteiger partial charge is 0.301 e. The zero-order valence-corrected chi connectivity index (χ0v) is 16.6. The van der Waals surface area contributed by atoms with Crippen molar-refractivity contribution in [2.24, 2.45) is 0 Å². The summed E-state index contributed by atoms with van der Waals surface area (Å²) < 4.78 is 17.4. The molecule has 0 bridgehead atoms. The fourth-order valence-electron chi connectivity index (χ4n) is 3.61. The third-order valence-corrected chi connectivity index (χ3v) is 4.89. The van der Waals surface area contributed by atoms with Crippen LogP contribution in [0.1, 0.15) is 36.9 Å². The number of nitrogens with one attached hydrogen (secondary N) is 2. The van der Waals surface area contributed by atoms with Crippen LogP contribution in [0.25, 0.3) is 0 Å². The van der Waals surface area contributed by atoms with Crippen molar-refractivity contribution in [1.29, 1.82) is 0 Å². The second-order valence-corrected chi connectivity index (χ2v) is 6.82. The average molecular weight is 406 g/mol. The summed E-state index contributed by atoms with van der Waals surface area (Å²) in [6.07, 6.45) is 0. The number of aromatic nitrogens is 2. The van der Waals surface area contributed by atoms with E-state index < -0.39 is 28.3 Å². The Morgan fingerprint density at radius 1 is 1.10 bits per heavy atom. The summed E-state index contributed by atoms with van der Waals surface area (Å²) >= 11 is 0. The lowest BCUT2D eigenvalue weighted by atomic mass is 9.83. The van der Waals surface area contributed by atoms with E-state index in [0.29, 0.717) is 11.3 Å².